The van der Waals surface area contributed by atoms with Crippen LogP contribution in [0.2, 0.25) is 0 Å². The quantitative estimate of drug-likeness (QED) is 0.0329. The van der Waals surface area contributed by atoms with Gasteiger partial charge < -0.3 is 19.7 Å². The Hall–Kier alpha value is -2.77. The van der Waals surface area contributed by atoms with Crippen LogP contribution >= 0.6 is 0 Å². The van der Waals surface area contributed by atoms with Crippen LogP contribution in [0.5, 0.6) is 0 Å². The maximum Gasteiger partial charge on any atom is 0.305 e. The van der Waals surface area contributed by atoms with Crippen molar-refractivity contribution in [2.45, 2.75) is 156 Å². The fourth-order valence-electron chi connectivity index (χ4n) is 7.97. The van der Waals surface area contributed by atoms with Gasteiger partial charge in [0.15, 0.2) is 0 Å². The highest BCUT2D eigenvalue weighted by Crippen LogP contribution is 2.63. The fraction of sp³-hybridized carbons (Fsp3) is 0.690. The van der Waals surface area contributed by atoms with E-state index in [0.717, 1.165) is 48.7 Å². The number of aliphatic hydroxyl groups excluding tert-OH is 1. The molecule has 2 aliphatic carbocycles. The number of ether oxygens (including phenoxy) is 2. The lowest BCUT2D eigenvalue weighted by molar-refractivity contribution is -0.168. The summed E-state index contributed by atoms with van der Waals surface area (Å²) >= 11 is 0. The maximum absolute atomic E-state index is 12.5. The molecule has 2 saturated carbocycles. The van der Waals surface area contributed by atoms with Gasteiger partial charge in [0.1, 0.15) is 12.9 Å². The molecule has 0 aromatic heterocycles. The molecule has 2 N–H and O–H groups in total. The van der Waals surface area contributed by atoms with Crippen molar-refractivity contribution in [1.82, 2.24) is 0 Å². The van der Waals surface area contributed by atoms with Crippen molar-refractivity contribution in [3.63, 3.8) is 0 Å². The Morgan fingerprint density at radius 1 is 0.939 bits per heavy atom. The van der Waals surface area contributed by atoms with Gasteiger partial charge in [-0.2, -0.15) is 0 Å². The molecule has 0 amide bonds. The van der Waals surface area contributed by atoms with Gasteiger partial charge in [0.2, 0.25) is 0 Å². The van der Waals surface area contributed by atoms with E-state index in [4.69, 9.17) is 9.47 Å². The van der Waals surface area contributed by atoms with E-state index < -0.39 is 23.1 Å². The number of carbonyl (C=O) groups is 3. The smallest absolute Gasteiger partial charge is 0.305 e. The number of carbonyl (C=O) groups excluding carboxylic acids is 3. The Morgan fingerprint density at radius 2 is 1.63 bits per heavy atom. The number of hydrogen-bond acceptors (Lipinski definition) is 7. The average molecular weight is 683 g/mol. The molecule has 0 bridgehead atoms. The highest BCUT2D eigenvalue weighted by Gasteiger charge is 2.64. The van der Waals surface area contributed by atoms with E-state index in [2.05, 4.69) is 32.9 Å². The van der Waals surface area contributed by atoms with Gasteiger partial charge in [0.05, 0.1) is 18.3 Å². The van der Waals surface area contributed by atoms with Crippen LogP contribution < -0.4 is 0 Å². The third-order valence-electron chi connectivity index (χ3n) is 10.8. The first-order valence-corrected chi connectivity index (χ1v) is 18.8. The molecule has 2 aliphatic rings. The highest BCUT2D eigenvalue weighted by atomic mass is 16.5. The van der Waals surface area contributed by atoms with Crippen molar-refractivity contribution in [3.8, 4) is 0 Å². The topological polar surface area (TPSA) is 110 Å². The highest BCUT2D eigenvalue weighted by molar-refractivity contribution is 5.74. The molecule has 2 rings (SSSR count). The lowest BCUT2D eigenvalue weighted by Crippen LogP contribution is -2.59. The van der Waals surface area contributed by atoms with Gasteiger partial charge >= 0.3 is 11.9 Å². The van der Waals surface area contributed by atoms with E-state index in [1.807, 2.05) is 39.0 Å². The Labute approximate surface area is 297 Å². The van der Waals surface area contributed by atoms with E-state index in [0.29, 0.717) is 50.5 Å². The first kappa shape index (κ1) is 42.4. The summed E-state index contributed by atoms with van der Waals surface area (Å²) in [6, 6.07) is 0. The summed E-state index contributed by atoms with van der Waals surface area (Å²) in [6.07, 6.45) is 22.6. The molecule has 0 radical (unpaired) electrons. The van der Waals surface area contributed by atoms with Crippen molar-refractivity contribution in [2.24, 2.45) is 17.3 Å². The largest absolute Gasteiger partial charge is 0.466 e. The Bertz CT molecular complexity index is 1230. The summed E-state index contributed by atoms with van der Waals surface area (Å²) < 4.78 is 11.1. The van der Waals surface area contributed by atoms with Gasteiger partial charge in [-0.05, 0) is 103 Å². The molecule has 7 heteroatoms. The van der Waals surface area contributed by atoms with Crippen molar-refractivity contribution in [2.75, 3.05) is 13.2 Å². The summed E-state index contributed by atoms with van der Waals surface area (Å²) in [6.45, 7) is 13.7. The SMILES string of the molecule is CCCCCCCCCC(=O)OCCC[C@@H]1/C(=C(/C)C=O)CC[C@](C)(O)[C@@]12CC[C@H](\C(=C/C=C/C(C)=C/CC=C(C)C)COC(C)=O)[C@H]2O. The van der Waals surface area contributed by atoms with Gasteiger partial charge in [0.25, 0.3) is 0 Å². The maximum atomic E-state index is 12.5. The molecule has 5 atom stereocenters. The summed E-state index contributed by atoms with van der Waals surface area (Å²) in [5, 5.41) is 24.4. The van der Waals surface area contributed by atoms with Gasteiger partial charge in [-0.25, -0.2) is 0 Å². The minimum Gasteiger partial charge on any atom is -0.466 e. The van der Waals surface area contributed by atoms with Crippen LogP contribution in [0.3, 0.4) is 0 Å². The van der Waals surface area contributed by atoms with Crippen LogP contribution in [0, 0.1) is 17.3 Å². The lowest BCUT2D eigenvalue weighted by atomic mass is 9.52. The molecule has 276 valence electrons. The summed E-state index contributed by atoms with van der Waals surface area (Å²) in [5.41, 5.74) is 2.65. The Balaban J connectivity index is 2.26. The van der Waals surface area contributed by atoms with Crippen LogP contribution in [-0.2, 0) is 23.9 Å². The molecule has 0 aromatic rings. The van der Waals surface area contributed by atoms with Gasteiger partial charge in [-0.15, -0.1) is 0 Å². The van der Waals surface area contributed by atoms with E-state index in [-0.39, 0.29) is 31.0 Å². The number of allylic oxidation sites excluding steroid dienone is 9. The Kier molecular flexibility index (Phi) is 18.6. The van der Waals surface area contributed by atoms with Gasteiger partial charge in [-0.1, -0.05) is 92.5 Å². The molecule has 0 aliphatic heterocycles. The van der Waals surface area contributed by atoms with E-state index in [1.165, 1.54) is 38.2 Å². The minimum absolute atomic E-state index is 0.0512. The molecule has 1 spiro atoms. The zero-order valence-electron chi connectivity index (χ0n) is 31.7. The number of esters is 2. The van der Waals surface area contributed by atoms with Crippen molar-refractivity contribution >= 4 is 18.2 Å². The zero-order valence-corrected chi connectivity index (χ0v) is 31.7. The van der Waals surface area contributed by atoms with Gasteiger partial charge in [-0.3, -0.25) is 14.4 Å². The molecule has 0 unspecified atom stereocenters. The van der Waals surface area contributed by atoms with Crippen LogP contribution in [0.25, 0.3) is 0 Å². The first-order valence-electron chi connectivity index (χ1n) is 18.8. The molecule has 2 fully saturated rings. The Morgan fingerprint density at radius 3 is 2.29 bits per heavy atom. The first-order chi connectivity index (χ1) is 23.3. The normalized spacial score (nSPS) is 27.0. The second kappa shape index (κ2) is 21.4. The lowest BCUT2D eigenvalue weighted by Gasteiger charge is -2.55. The number of aliphatic hydroxyl groups is 2. The predicted molar refractivity (Wildman–Crippen MR) is 198 cm³/mol. The third kappa shape index (κ3) is 12.8. The number of rotatable bonds is 20. The number of unbranched alkanes of at least 4 members (excludes halogenated alkanes) is 6. The summed E-state index contributed by atoms with van der Waals surface area (Å²) in [4.78, 5) is 36.4. The molecule has 0 saturated heterocycles. The van der Waals surface area contributed by atoms with Crippen LogP contribution in [0.1, 0.15) is 145 Å². The molecule has 0 heterocycles. The number of hydrogen-bond donors (Lipinski definition) is 2. The monoisotopic (exact) mass is 682 g/mol. The zero-order chi connectivity index (χ0) is 36.5. The second-order valence-electron chi connectivity index (χ2n) is 14.9. The van der Waals surface area contributed by atoms with Crippen LogP contribution in [-0.4, -0.2) is 53.4 Å². The van der Waals surface area contributed by atoms with Crippen LogP contribution in [0.15, 0.2) is 58.2 Å². The van der Waals surface area contributed by atoms with Crippen molar-refractivity contribution in [3.05, 3.63) is 58.2 Å². The van der Waals surface area contributed by atoms with Crippen molar-refractivity contribution < 1.29 is 34.1 Å². The summed E-state index contributed by atoms with van der Waals surface area (Å²) in [7, 11) is 0. The second-order valence-corrected chi connectivity index (χ2v) is 14.9. The average Bonchev–Trinajstić information content (AvgIpc) is 3.39. The molecular formula is C42H66O7. The molecule has 7 nitrogen and oxygen atoms in total. The molecule has 49 heavy (non-hydrogen) atoms. The number of aldehydes is 1. The van der Waals surface area contributed by atoms with Crippen LogP contribution in [0.4, 0.5) is 0 Å². The predicted octanol–water partition coefficient (Wildman–Crippen LogP) is 9.23. The fourth-order valence-corrected chi connectivity index (χ4v) is 7.97. The van der Waals surface area contributed by atoms with Gasteiger partial charge in [0, 0.05) is 24.7 Å². The van der Waals surface area contributed by atoms with E-state index in [9.17, 15) is 24.6 Å². The molecule has 0 aromatic carbocycles. The standard InChI is InChI=1S/C42H66O7/c1-8-9-10-11-12-13-14-23-39(45)48-28-17-22-38-36(33(5)29-43)24-26-41(7,47)42(38)27-25-37(40(42)46)35(30-49-34(6)44)21-16-20-32(4)19-15-18-31(2)3/h16,18-21,29,37-38,40,46-47H,8-15,17,22-28,30H2,1-7H3/b20-16+,32-19+,35-21-,36-33-/t37-,38-,40-,41+,42+/m1/s1. The minimum atomic E-state index is -1.20. The van der Waals surface area contributed by atoms with Crippen molar-refractivity contribution in [1.29, 1.82) is 0 Å². The van der Waals surface area contributed by atoms with E-state index in [1.54, 1.807) is 0 Å². The molecular weight excluding hydrogens is 616 g/mol. The summed E-state index contributed by atoms with van der Waals surface area (Å²) in [5.74, 6) is -1.20. The third-order valence-corrected chi connectivity index (χ3v) is 10.8. The van der Waals surface area contributed by atoms with E-state index >= 15 is 0 Å².